The number of benzene rings is 2. The Labute approximate surface area is 207 Å². The molecule has 13 heteroatoms. The third-order valence-electron chi connectivity index (χ3n) is 5.77. The average Bonchev–Trinajstić information content (AvgIpc) is 2.77. The number of halogens is 3. The van der Waals surface area contributed by atoms with Gasteiger partial charge in [0.15, 0.2) is 14.7 Å². The lowest BCUT2D eigenvalue weighted by Gasteiger charge is -2.41. The predicted molar refractivity (Wildman–Crippen MR) is 126 cm³/mol. The molecule has 3 aromatic rings. The number of rotatable bonds is 7. The number of sulfone groups is 1. The van der Waals surface area contributed by atoms with E-state index in [1.807, 2.05) is 0 Å². The molecular formula is C23H23F3N3O5S2-. The largest absolute Gasteiger partial charge is 0.746 e. The minimum absolute atomic E-state index is 0.0717. The minimum Gasteiger partial charge on any atom is -0.746 e. The molecule has 0 fully saturated rings. The summed E-state index contributed by atoms with van der Waals surface area (Å²) in [5.41, 5.74) is -0.678. The first-order chi connectivity index (χ1) is 16.5. The van der Waals surface area contributed by atoms with Crippen molar-refractivity contribution in [2.75, 3.05) is 20.4 Å². The Morgan fingerprint density at radius 1 is 0.889 bits per heavy atom. The van der Waals surface area contributed by atoms with Crippen LogP contribution in [0.15, 0.2) is 59.5 Å². The van der Waals surface area contributed by atoms with E-state index in [9.17, 15) is 34.6 Å². The van der Waals surface area contributed by atoms with Crippen molar-refractivity contribution < 1.29 is 34.6 Å². The van der Waals surface area contributed by atoms with Crippen LogP contribution in [0.5, 0.6) is 0 Å². The third-order valence-corrected chi connectivity index (χ3v) is 8.57. The molecule has 0 saturated heterocycles. The van der Waals surface area contributed by atoms with E-state index in [2.05, 4.69) is 9.97 Å². The van der Waals surface area contributed by atoms with Crippen LogP contribution in [-0.2, 0) is 31.0 Å². The van der Waals surface area contributed by atoms with Gasteiger partial charge in [-0.05, 0) is 38.2 Å². The second-order valence-corrected chi connectivity index (χ2v) is 11.9. The summed E-state index contributed by atoms with van der Waals surface area (Å²) in [5.74, 6) is -1.64. The molecule has 0 aliphatic rings. The first-order valence-electron chi connectivity index (χ1n) is 10.5. The summed E-state index contributed by atoms with van der Waals surface area (Å²) in [6, 6.07) is 12.8. The topological polar surface area (TPSA) is 120 Å². The second-order valence-electron chi connectivity index (χ2n) is 8.27. The first kappa shape index (κ1) is 27.7. The maximum atomic E-state index is 14.0. The normalized spacial score (nSPS) is 14.6. The van der Waals surface area contributed by atoms with E-state index in [-0.39, 0.29) is 27.3 Å². The van der Waals surface area contributed by atoms with Crippen molar-refractivity contribution in [2.45, 2.75) is 29.3 Å². The molecule has 1 heterocycles. The van der Waals surface area contributed by atoms with Gasteiger partial charge in [-0.1, -0.05) is 49.4 Å². The van der Waals surface area contributed by atoms with E-state index >= 15 is 0 Å². The zero-order valence-corrected chi connectivity index (χ0v) is 21.4. The number of alkyl halides is 3. The molecule has 0 amide bonds. The summed E-state index contributed by atoms with van der Waals surface area (Å²) >= 11 is 0. The van der Waals surface area contributed by atoms with Crippen LogP contribution in [0, 0.1) is 0 Å². The Bertz CT molecular complexity index is 1480. The van der Waals surface area contributed by atoms with E-state index in [1.54, 1.807) is 18.2 Å². The maximum absolute atomic E-state index is 14.0. The molecule has 0 spiro atoms. The summed E-state index contributed by atoms with van der Waals surface area (Å²) in [5, 5.41) is 0. The molecular weight excluding hydrogens is 519 g/mol. The van der Waals surface area contributed by atoms with Crippen molar-refractivity contribution in [3.8, 4) is 22.4 Å². The van der Waals surface area contributed by atoms with Gasteiger partial charge < -0.3 is 4.55 Å². The molecule has 0 bridgehead atoms. The molecule has 1 unspecified atom stereocenters. The third kappa shape index (κ3) is 5.01. The highest BCUT2D eigenvalue weighted by Crippen LogP contribution is 2.45. The summed E-state index contributed by atoms with van der Waals surface area (Å²) in [6.45, 7) is 1.36. The molecule has 0 N–H and O–H groups in total. The Kier molecular flexibility index (Phi) is 7.34. The summed E-state index contributed by atoms with van der Waals surface area (Å²) < 4.78 is 104. The molecule has 3 rings (SSSR count). The molecule has 0 saturated carbocycles. The van der Waals surface area contributed by atoms with Gasteiger partial charge in [-0.3, -0.25) is 4.90 Å². The SMILES string of the molecule is CCC(c1nc(C(F)(F)F)nc(-c2ccc(S(C)(=O)=O)cc2)c1-c1ccccc1)(N(C)C)S(=O)(=O)[O-]. The van der Waals surface area contributed by atoms with Crippen molar-refractivity contribution in [1.82, 2.24) is 14.9 Å². The zero-order chi connectivity index (χ0) is 27.1. The van der Waals surface area contributed by atoms with Crippen molar-refractivity contribution in [3.63, 3.8) is 0 Å². The van der Waals surface area contributed by atoms with Gasteiger partial charge in [0.1, 0.15) is 10.1 Å². The highest BCUT2D eigenvalue weighted by molar-refractivity contribution is 7.90. The number of hydrogen-bond acceptors (Lipinski definition) is 8. The average molecular weight is 543 g/mol. The zero-order valence-electron chi connectivity index (χ0n) is 19.7. The predicted octanol–water partition coefficient (Wildman–Crippen LogP) is 3.90. The van der Waals surface area contributed by atoms with Crippen LogP contribution < -0.4 is 0 Å². The van der Waals surface area contributed by atoms with Gasteiger partial charge in [0.25, 0.3) is 0 Å². The van der Waals surface area contributed by atoms with Crippen LogP contribution >= 0.6 is 0 Å². The lowest BCUT2D eigenvalue weighted by molar-refractivity contribution is -0.145. The van der Waals surface area contributed by atoms with Gasteiger partial charge in [-0.15, -0.1) is 0 Å². The smallest absolute Gasteiger partial charge is 0.451 e. The number of hydrogen-bond donors (Lipinski definition) is 0. The van der Waals surface area contributed by atoms with Crippen LogP contribution in [0.1, 0.15) is 24.9 Å². The Morgan fingerprint density at radius 3 is 1.86 bits per heavy atom. The quantitative estimate of drug-likeness (QED) is 0.412. The lowest BCUT2D eigenvalue weighted by atomic mass is 9.92. The fourth-order valence-electron chi connectivity index (χ4n) is 4.03. The van der Waals surface area contributed by atoms with Crippen LogP contribution in [0.25, 0.3) is 22.4 Å². The van der Waals surface area contributed by atoms with Crippen molar-refractivity contribution >= 4 is 20.0 Å². The molecule has 194 valence electrons. The Morgan fingerprint density at radius 2 is 1.44 bits per heavy atom. The standard InChI is InChI=1S/C23H24F3N3O5S2/c1-5-22(29(2)3,36(32,33)34)20-18(15-9-7-6-8-10-15)19(27-21(28-20)23(24,25)26)16-11-13-17(14-12-16)35(4,30)31/h6-14H,5H2,1-4H3,(H,32,33,34)/p-1. The van der Waals surface area contributed by atoms with Crippen molar-refractivity contribution in [3.05, 3.63) is 66.1 Å². The van der Waals surface area contributed by atoms with Crippen LogP contribution in [0.2, 0.25) is 0 Å². The highest BCUT2D eigenvalue weighted by Gasteiger charge is 2.47. The van der Waals surface area contributed by atoms with Crippen LogP contribution in [-0.4, -0.2) is 56.6 Å². The molecule has 0 aliphatic heterocycles. The highest BCUT2D eigenvalue weighted by atomic mass is 32.2. The lowest BCUT2D eigenvalue weighted by Crippen LogP contribution is -2.49. The summed E-state index contributed by atoms with van der Waals surface area (Å²) in [6.07, 6.45) is -4.51. The maximum Gasteiger partial charge on any atom is 0.451 e. The van der Waals surface area contributed by atoms with Gasteiger partial charge in [-0.25, -0.2) is 26.8 Å². The molecule has 1 atom stereocenters. The van der Waals surface area contributed by atoms with Gasteiger partial charge in [-0.2, -0.15) is 13.2 Å². The van der Waals surface area contributed by atoms with E-state index in [0.29, 0.717) is 0 Å². The van der Waals surface area contributed by atoms with E-state index < -0.39 is 48.9 Å². The monoisotopic (exact) mass is 542 g/mol. The van der Waals surface area contributed by atoms with Gasteiger partial charge in [0, 0.05) is 17.4 Å². The minimum atomic E-state index is -5.31. The van der Waals surface area contributed by atoms with E-state index in [0.717, 1.165) is 11.2 Å². The Balaban J connectivity index is 2.59. The van der Waals surface area contributed by atoms with Gasteiger partial charge in [0.05, 0.1) is 16.3 Å². The molecule has 1 aromatic heterocycles. The molecule has 2 aromatic carbocycles. The Hall–Kier alpha value is -2.87. The fourth-order valence-corrected chi connectivity index (χ4v) is 5.85. The van der Waals surface area contributed by atoms with E-state index in [1.165, 1.54) is 57.4 Å². The van der Waals surface area contributed by atoms with Gasteiger partial charge in [0.2, 0.25) is 5.82 Å². The number of aromatic nitrogens is 2. The first-order valence-corrected chi connectivity index (χ1v) is 13.8. The van der Waals surface area contributed by atoms with Crippen LogP contribution in [0.4, 0.5) is 13.2 Å². The molecule has 36 heavy (non-hydrogen) atoms. The summed E-state index contributed by atoms with van der Waals surface area (Å²) in [4.78, 5) is 5.86. The number of nitrogens with zero attached hydrogens (tertiary/aromatic N) is 3. The van der Waals surface area contributed by atoms with E-state index in [4.69, 9.17) is 0 Å². The molecule has 0 aliphatic carbocycles. The molecule has 0 radical (unpaired) electrons. The fraction of sp³-hybridized carbons (Fsp3) is 0.304. The van der Waals surface area contributed by atoms with Gasteiger partial charge >= 0.3 is 6.18 Å². The molecule has 8 nitrogen and oxygen atoms in total. The van der Waals surface area contributed by atoms with Crippen LogP contribution in [0.3, 0.4) is 0 Å². The van der Waals surface area contributed by atoms with Crippen molar-refractivity contribution in [2.24, 2.45) is 0 Å². The second kappa shape index (κ2) is 9.54. The van der Waals surface area contributed by atoms with Crippen molar-refractivity contribution in [1.29, 1.82) is 0 Å². The summed E-state index contributed by atoms with van der Waals surface area (Å²) in [7, 11) is -6.37.